The smallest absolute Gasteiger partial charge is 0.267 e. The van der Waals surface area contributed by atoms with Crippen LogP contribution in [0.4, 0.5) is 5.82 Å². The second kappa shape index (κ2) is 7.30. The fourth-order valence-corrected chi connectivity index (χ4v) is 3.22. The Hall–Kier alpha value is -3.03. The van der Waals surface area contributed by atoms with Crippen LogP contribution >= 0.6 is 0 Å². The summed E-state index contributed by atoms with van der Waals surface area (Å²) >= 11 is 0. The summed E-state index contributed by atoms with van der Waals surface area (Å²) < 4.78 is 12.2. The predicted octanol–water partition coefficient (Wildman–Crippen LogP) is 2.50. The molecule has 27 heavy (non-hydrogen) atoms. The molecule has 1 aliphatic rings. The second-order valence-electron chi connectivity index (χ2n) is 6.16. The van der Waals surface area contributed by atoms with Gasteiger partial charge in [0.15, 0.2) is 5.82 Å². The molecule has 1 aliphatic heterocycles. The molecule has 0 fully saturated rings. The zero-order valence-corrected chi connectivity index (χ0v) is 14.9. The maximum Gasteiger partial charge on any atom is 0.267 e. The van der Waals surface area contributed by atoms with Crippen LogP contribution in [-0.4, -0.2) is 48.5 Å². The molecule has 2 aromatic carbocycles. The molecule has 2 amide bonds. The molecule has 0 saturated carbocycles. The summed E-state index contributed by atoms with van der Waals surface area (Å²) in [6, 6.07) is 14.4. The molecular weight excluding hydrogens is 346 g/mol. The first kappa shape index (κ1) is 17.4. The van der Waals surface area contributed by atoms with E-state index in [2.05, 4.69) is 5.10 Å². The Bertz CT molecular complexity index is 976. The van der Waals surface area contributed by atoms with E-state index in [1.165, 1.54) is 0 Å². The molecule has 0 aliphatic carbocycles. The second-order valence-corrected chi connectivity index (χ2v) is 6.16. The third-order valence-electron chi connectivity index (χ3n) is 4.52. The first-order chi connectivity index (χ1) is 13.2. The highest BCUT2D eigenvalue weighted by Crippen LogP contribution is 2.32. The summed E-state index contributed by atoms with van der Waals surface area (Å²) in [7, 11) is 1.62. The standard InChI is InChI=1S/C20H19N3O4/c1-26-12-13-27-11-10-22-17-9-5-4-8-16(17)18(21-22)23-19(24)14-6-2-3-7-15(14)20(23)25/h2-9H,10-13H2,1H3. The maximum absolute atomic E-state index is 12.8. The van der Waals surface area contributed by atoms with E-state index in [0.29, 0.717) is 43.3 Å². The van der Waals surface area contributed by atoms with Gasteiger partial charge in [-0.2, -0.15) is 5.10 Å². The third kappa shape index (κ3) is 3.01. The monoisotopic (exact) mass is 365 g/mol. The Labute approximate surface area is 156 Å². The minimum atomic E-state index is -0.345. The van der Waals surface area contributed by atoms with Crippen LogP contribution < -0.4 is 4.90 Å². The number of nitrogens with zero attached hydrogens (tertiary/aromatic N) is 3. The van der Waals surface area contributed by atoms with Crippen molar-refractivity contribution in [3.8, 4) is 0 Å². The van der Waals surface area contributed by atoms with Crippen LogP contribution in [0.3, 0.4) is 0 Å². The van der Waals surface area contributed by atoms with Crippen molar-refractivity contribution in [2.24, 2.45) is 0 Å². The van der Waals surface area contributed by atoms with Crippen LogP contribution in [0.2, 0.25) is 0 Å². The van der Waals surface area contributed by atoms with Gasteiger partial charge in [-0.3, -0.25) is 14.3 Å². The van der Waals surface area contributed by atoms with Gasteiger partial charge >= 0.3 is 0 Å². The van der Waals surface area contributed by atoms with E-state index in [0.717, 1.165) is 15.8 Å². The van der Waals surface area contributed by atoms with Crippen molar-refractivity contribution in [2.45, 2.75) is 6.54 Å². The molecule has 4 rings (SSSR count). The highest BCUT2D eigenvalue weighted by Gasteiger charge is 2.38. The Balaban J connectivity index is 1.67. The van der Waals surface area contributed by atoms with E-state index in [-0.39, 0.29) is 11.8 Å². The van der Waals surface area contributed by atoms with Crippen molar-refractivity contribution in [3.63, 3.8) is 0 Å². The van der Waals surface area contributed by atoms with Gasteiger partial charge in [0.25, 0.3) is 11.8 Å². The lowest BCUT2D eigenvalue weighted by molar-refractivity contribution is 0.0658. The number of amides is 2. The number of fused-ring (bicyclic) bond motifs is 2. The number of hydrogen-bond donors (Lipinski definition) is 0. The molecule has 0 radical (unpaired) electrons. The number of ether oxygens (including phenoxy) is 2. The molecule has 2 heterocycles. The van der Waals surface area contributed by atoms with E-state index in [4.69, 9.17) is 9.47 Å². The lowest BCUT2D eigenvalue weighted by Crippen LogP contribution is -2.30. The molecule has 0 N–H and O–H groups in total. The lowest BCUT2D eigenvalue weighted by atomic mass is 10.1. The van der Waals surface area contributed by atoms with Gasteiger partial charge in [-0.05, 0) is 24.3 Å². The normalized spacial score (nSPS) is 13.6. The summed E-state index contributed by atoms with van der Waals surface area (Å²) in [6.45, 7) is 1.99. The number of para-hydroxylation sites is 1. The molecule has 7 nitrogen and oxygen atoms in total. The molecule has 138 valence electrons. The predicted molar refractivity (Wildman–Crippen MR) is 100 cm³/mol. The maximum atomic E-state index is 12.8. The summed E-state index contributed by atoms with van der Waals surface area (Å²) in [5.74, 6) is -0.335. The number of anilines is 1. The average Bonchev–Trinajstić information content (AvgIpc) is 3.18. The van der Waals surface area contributed by atoms with Crippen molar-refractivity contribution in [3.05, 3.63) is 59.7 Å². The Morgan fingerprint density at radius 3 is 2.26 bits per heavy atom. The number of imide groups is 1. The molecule has 3 aromatic rings. The van der Waals surface area contributed by atoms with Crippen molar-refractivity contribution in [2.75, 3.05) is 31.8 Å². The SMILES string of the molecule is COCCOCCn1nc(N2C(=O)c3ccccc3C2=O)c2ccccc21. The molecule has 0 saturated heterocycles. The fraction of sp³-hybridized carbons (Fsp3) is 0.250. The number of carbonyl (C=O) groups excluding carboxylic acids is 2. The van der Waals surface area contributed by atoms with Gasteiger partial charge in [-0.15, -0.1) is 0 Å². The molecule has 0 atom stereocenters. The number of carbonyl (C=O) groups is 2. The number of rotatable bonds is 7. The Morgan fingerprint density at radius 2 is 1.56 bits per heavy atom. The quantitative estimate of drug-likeness (QED) is 0.475. The summed E-state index contributed by atoms with van der Waals surface area (Å²) in [5, 5.41) is 5.32. The minimum absolute atomic E-state index is 0.345. The fourth-order valence-electron chi connectivity index (χ4n) is 3.22. The molecule has 0 spiro atoms. The van der Waals surface area contributed by atoms with Crippen molar-refractivity contribution in [1.29, 1.82) is 0 Å². The average molecular weight is 365 g/mol. The van der Waals surface area contributed by atoms with Crippen molar-refractivity contribution in [1.82, 2.24) is 9.78 Å². The van der Waals surface area contributed by atoms with Gasteiger partial charge < -0.3 is 9.47 Å². The topological polar surface area (TPSA) is 73.7 Å². The van der Waals surface area contributed by atoms with Crippen LogP contribution in [-0.2, 0) is 16.0 Å². The summed E-state index contributed by atoms with van der Waals surface area (Å²) in [5.41, 5.74) is 1.66. The van der Waals surface area contributed by atoms with E-state index < -0.39 is 0 Å². The molecule has 0 bridgehead atoms. The van der Waals surface area contributed by atoms with E-state index >= 15 is 0 Å². The van der Waals surface area contributed by atoms with Crippen LogP contribution in [0, 0.1) is 0 Å². The molecular formula is C20H19N3O4. The number of hydrogen-bond acceptors (Lipinski definition) is 5. The highest BCUT2D eigenvalue weighted by atomic mass is 16.5. The number of benzene rings is 2. The van der Waals surface area contributed by atoms with Gasteiger partial charge in [0.05, 0.1) is 43.0 Å². The zero-order chi connectivity index (χ0) is 18.8. The van der Waals surface area contributed by atoms with Crippen molar-refractivity contribution < 1.29 is 19.1 Å². The highest BCUT2D eigenvalue weighted by molar-refractivity contribution is 6.35. The summed E-state index contributed by atoms with van der Waals surface area (Å²) in [6.07, 6.45) is 0. The minimum Gasteiger partial charge on any atom is -0.382 e. The van der Waals surface area contributed by atoms with Gasteiger partial charge in [-0.1, -0.05) is 24.3 Å². The van der Waals surface area contributed by atoms with Crippen LogP contribution in [0.1, 0.15) is 20.7 Å². The first-order valence-electron chi connectivity index (χ1n) is 8.72. The lowest BCUT2D eigenvalue weighted by Gasteiger charge is -2.10. The third-order valence-corrected chi connectivity index (χ3v) is 4.52. The largest absolute Gasteiger partial charge is 0.382 e. The van der Waals surface area contributed by atoms with Crippen LogP contribution in [0.15, 0.2) is 48.5 Å². The number of methoxy groups -OCH3 is 1. The first-order valence-corrected chi connectivity index (χ1v) is 8.72. The number of aromatic nitrogens is 2. The molecule has 1 aromatic heterocycles. The zero-order valence-electron chi connectivity index (χ0n) is 14.9. The van der Waals surface area contributed by atoms with Crippen LogP contribution in [0.5, 0.6) is 0 Å². The Morgan fingerprint density at radius 1 is 0.889 bits per heavy atom. The molecule has 7 heteroatoms. The van der Waals surface area contributed by atoms with Crippen LogP contribution in [0.25, 0.3) is 10.9 Å². The molecule has 0 unspecified atom stereocenters. The van der Waals surface area contributed by atoms with Gasteiger partial charge in [0, 0.05) is 12.5 Å². The van der Waals surface area contributed by atoms with Crippen molar-refractivity contribution >= 4 is 28.5 Å². The summed E-state index contributed by atoms with van der Waals surface area (Å²) in [4.78, 5) is 26.8. The Kier molecular flexibility index (Phi) is 4.70. The van der Waals surface area contributed by atoms with Gasteiger partial charge in [0.2, 0.25) is 0 Å². The van der Waals surface area contributed by atoms with E-state index in [1.807, 2.05) is 24.3 Å². The van der Waals surface area contributed by atoms with E-state index in [9.17, 15) is 9.59 Å². The van der Waals surface area contributed by atoms with Gasteiger partial charge in [-0.25, -0.2) is 4.90 Å². The van der Waals surface area contributed by atoms with Gasteiger partial charge in [0.1, 0.15) is 0 Å². The van der Waals surface area contributed by atoms with E-state index in [1.54, 1.807) is 36.1 Å².